The van der Waals surface area contributed by atoms with Gasteiger partial charge in [-0.05, 0) is 44.9 Å². The summed E-state index contributed by atoms with van der Waals surface area (Å²) in [7, 11) is 1.25. The number of carbonyl (C=O) groups excluding carboxylic acids is 2. The molecule has 2 rings (SSSR count). The summed E-state index contributed by atoms with van der Waals surface area (Å²) in [4.78, 5) is 41.0. The maximum atomic E-state index is 12.1. The van der Waals surface area contributed by atoms with Crippen molar-refractivity contribution in [2.75, 3.05) is 18.6 Å². The average molecular weight is 349 g/mol. The van der Waals surface area contributed by atoms with Crippen LogP contribution in [0.15, 0.2) is 17.4 Å². The first-order valence-electron chi connectivity index (χ1n) is 8.15. The Labute approximate surface area is 146 Å². The Kier molecular flexibility index (Phi) is 5.71. The van der Waals surface area contributed by atoms with Gasteiger partial charge in [0.2, 0.25) is 0 Å². The first kappa shape index (κ1) is 18.8. The molecule has 1 aliphatic heterocycles. The lowest BCUT2D eigenvalue weighted by molar-refractivity contribution is -0.155. The molecule has 0 N–H and O–H groups in total. The van der Waals surface area contributed by atoms with Crippen molar-refractivity contribution >= 4 is 23.4 Å². The minimum atomic E-state index is -0.587. The first-order valence-corrected chi connectivity index (χ1v) is 8.15. The summed E-state index contributed by atoms with van der Waals surface area (Å²) in [6.45, 7) is 6.11. The van der Waals surface area contributed by atoms with Crippen LogP contribution in [-0.4, -0.2) is 42.2 Å². The third-order valence-corrected chi connectivity index (χ3v) is 3.84. The number of nitroso groups, excluding NO2 is 1. The van der Waals surface area contributed by atoms with Crippen molar-refractivity contribution in [1.82, 2.24) is 4.98 Å². The lowest BCUT2D eigenvalue weighted by atomic mass is 10.1. The van der Waals surface area contributed by atoms with E-state index in [0.717, 1.165) is 12.8 Å². The summed E-state index contributed by atoms with van der Waals surface area (Å²) >= 11 is 0. The highest BCUT2D eigenvalue weighted by Crippen LogP contribution is 2.34. The van der Waals surface area contributed by atoms with E-state index in [2.05, 4.69) is 14.9 Å². The number of pyridine rings is 1. The van der Waals surface area contributed by atoms with Gasteiger partial charge in [0.25, 0.3) is 0 Å². The van der Waals surface area contributed by atoms with E-state index >= 15 is 0 Å². The zero-order valence-electron chi connectivity index (χ0n) is 14.9. The Morgan fingerprint density at radius 3 is 2.72 bits per heavy atom. The number of rotatable bonds is 5. The molecule has 0 amide bonds. The van der Waals surface area contributed by atoms with Crippen LogP contribution in [0.1, 0.15) is 50.4 Å². The largest absolute Gasteiger partial charge is 0.465 e. The van der Waals surface area contributed by atoms with Gasteiger partial charge in [-0.1, -0.05) is 0 Å². The van der Waals surface area contributed by atoms with E-state index in [1.54, 1.807) is 0 Å². The number of methoxy groups -OCH3 is 1. The Hall–Kier alpha value is -2.51. The molecular formula is C17H23N3O5. The van der Waals surface area contributed by atoms with Crippen molar-refractivity contribution in [3.8, 4) is 0 Å². The molecule has 0 aliphatic carbocycles. The van der Waals surface area contributed by atoms with E-state index in [1.807, 2.05) is 25.7 Å². The second-order valence-corrected chi connectivity index (χ2v) is 6.93. The number of carbonyl (C=O) groups is 2. The SMILES string of the molecule is COC(=O)c1cnc(N2CCCC2CC(=O)OC(C)(C)C)c(N=O)c1. The number of hydrogen-bond donors (Lipinski definition) is 0. The minimum absolute atomic E-state index is 0.0546. The van der Waals surface area contributed by atoms with Gasteiger partial charge in [-0.25, -0.2) is 9.78 Å². The number of nitrogens with zero attached hydrogens (tertiary/aromatic N) is 3. The molecule has 1 atom stereocenters. The summed E-state index contributed by atoms with van der Waals surface area (Å²) < 4.78 is 10.00. The van der Waals surface area contributed by atoms with Gasteiger partial charge in [0, 0.05) is 18.8 Å². The van der Waals surface area contributed by atoms with Crippen LogP contribution in [0, 0.1) is 4.91 Å². The predicted octanol–water partition coefficient (Wildman–Crippen LogP) is 2.97. The molecule has 0 spiro atoms. The summed E-state index contributed by atoms with van der Waals surface area (Å²) in [5.41, 5.74) is -0.334. The normalized spacial score (nSPS) is 17.3. The van der Waals surface area contributed by atoms with Crippen molar-refractivity contribution < 1.29 is 19.1 Å². The number of aromatic nitrogens is 1. The maximum absolute atomic E-state index is 12.1. The molecule has 0 saturated carbocycles. The second kappa shape index (κ2) is 7.58. The van der Waals surface area contributed by atoms with E-state index < -0.39 is 11.6 Å². The molecule has 1 fully saturated rings. The molecule has 0 radical (unpaired) electrons. The van der Waals surface area contributed by atoms with Crippen LogP contribution >= 0.6 is 0 Å². The van der Waals surface area contributed by atoms with Gasteiger partial charge in [0.15, 0.2) is 11.5 Å². The van der Waals surface area contributed by atoms with Crippen LogP contribution < -0.4 is 4.90 Å². The molecule has 0 bridgehead atoms. The zero-order valence-corrected chi connectivity index (χ0v) is 14.9. The Morgan fingerprint density at radius 2 is 2.12 bits per heavy atom. The van der Waals surface area contributed by atoms with Crippen LogP contribution in [0.5, 0.6) is 0 Å². The first-order chi connectivity index (χ1) is 11.7. The second-order valence-electron chi connectivity index (χ2n) is 6.93. The molecule has 8 heteroatoms. The van der Waals surface area contributed by atoms with Crippen LogP contribution in [0.25, 0.3) is 0 Å². The maximum Gasteiger partial charge on any atom is 0.339 e. The summed E-state index contributed by atoms with van der Waals surface area (Å²) in [6.07, 6.45) is 3.21. The van der Waals surface area contributed by atoms with Crippen LogP contribution in [0.2, 0.25) is 0 Å². The van der Waals surface area contributed by atoms with Crippen molar-refractivity contribution in [1.29, 1.82) is 0 Å². The molecule has 136 valence electrons. The molecule has 1 aromatic heterocycles. The van der Waals surface area contributed by atoms with Gasteiger partial charge in [-0.2, -0.15) is 0 Å². The lowest BCUT2D eigenvalue weighted by Gasteiger charge is -2.27. The number of esters is 2. The van der Waals surface area contributed by atoms with E-state index in [9.17, 15) is 14.5 Å². The van der Waals surface area contributed by atoms with Crippen molar-refractivity contribution in [3.05, 3.63) is 22.7 Å². The van der Waals surface area contributed by atoms with Gasteiger partial charge in [-0.15, -0.1) is 4.91 Å². The molecule has 25 heavy (non-hydrogen) atoms. The smallest absolute Gasteiger partial charge is 0.339 e. The van der Waals surface area contributed by atoms with E-state index in [4.69, 9.17) is 4.74 Å². The number of anilines is 1. The topological polar surface area (TPSA) is 98.2 Å². The summed E-state index contributed by atoms with van der Waals surface area (Å²) in [6, 6.07) is 1.23. The van der Waals surface area contributed by atoms with Crippen LogP contribution in [-0.2, 0) is 14.3 Å². The number of hydrogen-bond acceptors (Lipinski definition) is 8. The highest BCUT2D eigenvalue weighted by Gasteiger charge is 2.31. The fourth-order valence-corrected chi connectivity index (χ4v) is 2.87. The summed E-state index contributed by atoms with van der Waals surface area (Å²) in [5, 5.41) is 2.99. The van der Waals surface area contributed by atoms with Gasteiger partial charge in [-0.3, -0.25) is 4.79 Å². The van der Waals surface area contributed by atoms with Crippen molar-refractivity contribution in [3.63, 3.8) is 0 Å². The molecule has 0 aromatic carbocycles. The quantitative estimate of drug-likeness (QED) is 0.595. The van der Waals surface area contributed by atoms with Gasteiger partial charge >= 0.3 is 11.9 Å². The highest BCUT2D eigenvalue weighted by molar-refractivity contribution is 5.90. The predicted molar refractivity (Wildman–Crippen MR) is 91.9 cm³/mol. The van der Waals surface area contributed by atoms with E-state index in [-0.39, 0.29) is 29.7 Å². The van der Waals surface area contributed by atoms with Crippen molar-refractivity contribution in [2.24, 2.45) is 5.18 Å². The average Bonchev–Trinajstić information content (AvgIpc) is 2.99. The van der Waals surface area contributed by atoms with E-state index in [0.29, 0.717) is 12.4 Å². The van der Waals surface area contributed by atoms with E-state index in [1.165, 1.54) is 19.4 Å². The van der Waals surface area contributed by atoms with Crippen LogP contribution in [0.4, 0.5) is 11.5 Å². The standard InChI is InChI=1S/C17H23N3O5/c1-17(2,3)25-14(21)9-12-6-5-7-20(12)15-13(19-23)8-11(10-18-15)16(22)24-4/h8,10,12H,5-7,9H2,1-4H3. The lowest BCUT2D eigenvalue weighted by Crippen LogP contribution is -2.34. The summed E-state index contributed by atoms with van der Waals surface area (Å²) in [5.74, 6) is -0.513. The molecule has 8 nitrogen and oxygen atoms in total. The molecule has 1 aliphatic rings. The zero-order chi connectivity index (χ0) is 18.6. The highest BCUT2D eigenvalue weighted by atomic mass is 16.6. The third kappa shape index (κ3) is 4.74. The molecule has 1 aromatic rings. The van der Waals surface area contributed by atoms with Crippen molar-refractivity contribution in [2.45, 2.75) is 51.7 Å². The number of ether oxygens (including phenoxy) is 2. The fraction of sp³-hybridized carbons (Fsp3) is 0.588. The molecule has 1 saturated heterocycles. The Morgan fingerprint density at radius 1 is 1.40 bits per heavy atom. The fourth-order valence-electron chi connectivity index (χ4n) is 2.87. The molecule has 1 unspecified atom stereocenters. The van der Waals surface area contributed by atoms with Gasteiger partial charge in [0.05, 0.1) is 19.1 Å². The van der Waals surface area contributed by atoms with Crippen LogP contribution in [0.3, 0.4) is 0 Å². The Balaban J connectivity index is 2.20. The molecule has 2 heterocycles. The Bertz CT molecular complexity index is 669. The van der Waals surface area contributed by atoms with Gasteiger partial charge in [0.1, 0.15) is 5.60 Å². The minimum Gasteiger partial charge on any atom is -0.465 e. The molecular weight excluding hydrogens is 326 g/mol. The van der Waals surface area contributed by atoms with Gasteiger partial charge < -0.3 is 14.4 Å². The monoisotopic (exact) mass is 349 g/mol. The third-order valence-electron chi connectivity index (χ3n) is 3.84.